The average Bonchev–Trinajstić information content (AvgIpc) is 2.70. The smallest absolute Gasteiger partial charge is 0.247 e. The lowest BCUT2D eigenvalue weighted by atomic mass is 10.1. The number of hydrogen-bond donors (Lipinski definition) is 0. The standard InChI is InChI=1S/C20H27Cl2N3O3S/c21-18-7-5-17(15-19(18)22)6-8-20(26)24-13-14-25(29(27,28)16-24)12-4-11-23-9-2-1-3-10-23/h5-8,15H,1-4,9-14,16H2. The van der Waals surface area contributed by atoms with Crippen LogP contribution in [0, 0.1) is 0 Å². The largest absolute Gasteiger partial charge is 0.322 e. The lowest BCUT2D eigenvalue weighted by Crippen LogP contribution is -2.51. The highest BCUT2D eigenvalue weighted by Crippen LogP contribution is 2.23. The number of benzene rings is 1. The van der Waals surface area contributed by atoms with Gasteiger partial charge >= 0.3 is 0 Å². The van der Waals surface area contributed by atoms with E-state index in [-0.39, 0.29) is 11.8 Å². The quantitative estimate of drug-likeness (QED) is 0.612. The molecule has 2 saturated heterocycles. The van der Waals surface area contributed by atoms with Crippen LogP contribution in [0.1, 0.15) is 31.2 Å². The number of amides is 1. The second-order valence-corrected chi connectivity index (χ2v) is 10.3. The van der Waals surface area contributed by atoms with Crippen LogP contribution in [0.3, 0.4) is 0 Å². The van der Waals surface area contributed by atoms with E-state index in [0.29, 0.717) is 29.7 Å². The number of piperidine rings is 1. The molecular weight excluding hydrogens is 433 g/mol. The second-order valence-electron chi connectivity index (χ2n) is 7.50. The predicted molar refractivity (Wildman–Crippen MR) is 117 cm³/mol. The number of carbonyl (C=O) groups excluding carboxylic acids is 1. The molecule has 0 N–H and O–H groups in total. The van der Waals surface area contributed by atoms with Crippen molar-refractivity contribution >= 4 is 45.2 Å². The molecule has 0 aliphatic carbocycles. The van der Waals surface area contributed by atoms with Crippen molar-refractivity contribution in [3.63, 3.8) is 0 Å². The summed E-state index contributed by atoms with van der Waals surface area (Å²) < 4.78 is 26.7. The fraction of sp³-hybridized carbons (Fsp3) is 0.550. The maximum absolute atomic E-state index is 12.6. The van der Waals surface area contributed by atoms with E-state index in [1.54, 1.807) is 24.3 Å². The van der Waals surface area contributed by atoms with Crippen molar-refractivity contribution in [3.05, 3.63) is 39.9 Å². The van der Waals surface area contributed by atoms with Gasteiger partial charge in [-0.1, -0.05) is 35.7 Å². The maximum Gasteiger partial charge on any atom is 0.247 e. The monoisotopic (exact) mass is 459 g/mol. The lowest BCUT2D eigenvalue weighted by molar-refractivity contribution is -0.125. The van der Waals surface area contributed by atoms with Crippen LogP contribution in [0.2, 0.25) is 10.0 Å². The number of hydrogen-bond acceptors (Lipinski definition) is 4. The van der Waals surface area contributed by atoms with Gasteiger partial charge in [0, 0.05) is 25.7 Å². The molecule has 0 saturated carbocycles. The lowest BCUT2D eigenvalue weighted by Gasteiger charge is -2.34. The van der Waals surface area contributed by atoms with E-state index >= 15 is 0 Å². The minimum atomic E-state index is -3.47. The van der Waals surface area contributed by atoms with Crippen molar-refractivity contribution in [2.24, 2.45) is 0 Å². The molecule has 3 rings (SSSR count). The molecule has 0 bridgehead atoms. The Balaban J connectivity index is 1.50. The summed E-state index contributed by atoms with van der Waals surface area (Å²) in [5, 5.41) is 0.847. The average molecular weight is 460 g/mol. The summed E-state index contributed by atoms with van der Waals surface area (Å²) in [6, 6.07) is 5.06. The summed E-state index contributed by atoms with van der Waals surface area (Å²) in [5.41, 5.74) is 0.729. The van der Waals surface area contributed by atoms with Crippen LogP contribution in [0.15, 0.2) is 24.3 Å². The molecule has 0 radical (unpaired) electrons. The van der Waals surface area contributed by atoms with Crippen LogP contribution >= 0.6 is 23.2 Å². The van der Waals surface area contributed by atoms with Crippen LogP contribution in [0.25, 0.3) is 6.08 Å². The van der Waals surface area contributed by atoms with Gasteiger partial charge in [0.1, 0.15) is 5.88 Å². The van der Waals surface area contributed by atoms with E-state index in [1.165, 1.54) is 34.5 Å². The molecule has 0 aromatic heterocycles. The molecule has 6 nitrogen and oxygen atoms in total. The van der Waals surface area contributed by atoms with Gasteiger partial charge in [0.25, 0.3) is 0 Å². The molecule has 0 unspecified atom stereocenters. The Morgan fingerprint density at radius 1 is 1.00 bits per heavy atom. The molecule has 1 aromatic carbocycles. The third kappa shape index (κ3) is 6.43. The van der Waals surface area contributed by atoms with E-state index in [2.05, 4.69) is 4.90 Å². The van der Waals surface area contributed by atoms with E-state index < -0.39 is 10.0 Å². The van der Waals surface area contributed by atoms with Crippen LogP contribution in [0.5, 0.6) is 0 Å². The van der Waals surface area contributed by atoms with Crippen LogP contribution < -0.4 is 0 Å². The van der Waals surface area contributed by atoms with Gasteiger partial charge in [-0.15, -0.1) is 0 Å². The molecular formula is C20H27Cl2N3O3S. The zero-order valence-electron chi connectivity index (χ0n) is 16.4. The molecule has 2 aliphatic rings. The zero-order chi connectivity index (χ0) is 20.9. The molecule has 2 aliphatic heterocycles. The molecule has 160 valence electrons. The summed E-state index contributed by atoms with van der Waals surface area (Å²) in [5.74, 6) is -0.603. The Bertz CT molecular complexity index is 855. The van der Waals surface area contributed by atoms with Crippen molar-refractivity contribution in [2.75, 3.05) is 45.1 Å². The predicted octanol–water partition coefficient (Wildman–Crippen LogP) is 3.31. The minimum Gasteiger partial charge on any atom is -0.322 e. The Morgan fingerprint density at radius 2 is 1.76 bits per heavy atom. The first-order chi connectivity index (χ1) is 13.8. The molecule has 9 heteroatoms. The van der Waals surface area contributed by atoms with Gasteiger partial charge in [-0.3, -0.25) is 4.79 Å². The highest BCUT2D eigenvalue weighted by Gasteiger charge is 2.31. The fourth-order valence-corrected chi connectivity index (χ4v) is 5.57. The van der Waals surface area contributed by atoms with Crippen LogP contribution in [0.4, 0.5) is 0 Å². The Kier molecular flexibility index (Phi) is 7.99. The Morgan fingerprint density at radius 3 is 2.45 bits per heavy atom. The van der Waals surface area contributed by atoms with E-state index in [4.69, 9.17) is 23.2 Å². The Labute approximate surface area is 183 Å². The molecule has 29 heavy (non-hydrogen) atoms. The Hall–Kier alpha value is -1.12. The number of halogens is 2. The van der Waals surface area contributed by atoms with Gasteiger partial charge in [-0.2, -0.15) is 4.31 Å². The van der Waals surface area contributed by atoms with E-state index in [0.717, 1.165) is 31.6 Å². The highest BCUT2D eigenvalue weighted by molar-refractivity contribution is 7.89. The van der Waals surface area contributed by atoms with Crippen molar-refractivity contribution in [3.8, 4) is 0 Å². The molecule has 2 fully saturated rings. The SMILES string of the molecule is O=C(C=Cc1ccc(Cl)c(Cl)c1)N1CCN(CCCN2CCCCC2)S(=O)(=O)C1. The normalized spacial score (nSPS) is 21.0. The van der Waals surface area contributed by atoms with Gasteiger partial charge in [-0.25, -0.2) is 8.42 Å². The fourth-order valence-electron chi connectivity index (χ4n) is 3.68. The molecule has 0 atom stereocenters. The number of nitrogens with zero attached hydrogens (tertiary/aromatic N) is 3. The van der Waals surface area contributed by atoms with Crippen molar-refractivity contribution in [2.45, 2.75) is 25.7 Å². The van der Waals surface area contributed by atoms with Crippen molar-refractivity contribution in [1.29, 1.82) is 0 Å². The van der Waals surface area contributed by atoms with Gasteiger partial charge in [0.05, 0.1) is 10.0 Å². The third-order valence-corrected chi connectivity index (χ3v) is 7.86. The van der Waals surface area contributed by atoms with Gasteiger partial charge in [-0.05, 0) is 62.7 Å². The van der Waals surface area contributed by atoms with Gasteiger partial charge in [0.15, 0.2) is 0 Å². The second kappa shape index (κ2) is 10.3. The topological polar surface area (TPSA) is 60.9 Å². The number of sulfonamides is 1. The summed E-state index contributed by atoms with van der Waals surface area (Å²) in [7, 11) is -3.47. The number of carbonyl (C=O) groups is 1. The van der Waals surface area contributed by atoms with Gasteiger partial charge in [0.2, 0.25) is 15.9 Å². The maximum atomic E-state index is 12.6. The first-order valence-corrected chi connectivity index (χ1v) is 12.3. The number of rotatable bonds is 6. The minimum absolute atomic E-state index is 0.277. The zero-order valence-corrected chi connectivity index (χ0v) is 18.7. The third-order valence-electron chi connectivity index (χ3n) is 5.34. The summed E-state index contributed by atoms with van der Waals surface area (Å²) in [6.45, 7) is 4.41. The molecule has 1 amide bonds. The summed E-state index contributed by atoms with van der Waals surface area (Å²) in [6.07, 6.45) is 7.57. The number of likely N-dealkylation sites (tertiary alicyclic amines) is 1. The summed E-state index contributed by atoms with van der Waals surface area (Å²) >= 11 is 11.9. The molecule has 0 spiro atoms. The summed E-state index contributed by atoms with van der Waals surface area (Å²) in [4.78, 5) is 16.2. The first-order valence-electron chi connectivity index (χ1n) is 9.97. The molecule has 1 aromatic rings. The highest BCUT2D eigenvalue weighted by atomic mass is 35.5. The van der Waals surface area contributed by atoms with Crippen LogP contribution in [-0.2, 0) is 14.8 Å². The van der Waals surface area contributed by atoms with E-state index in [1.807, 2.05) is 0 Å². The van der Waals surface area contributed by atoms with Crippen molar-refractivity contribution < 1.29 is 13.2 Å². The van der Waals surface area contributed by atoms with E-state index in [9.17, 15) is 13.2 Å². The molecule has 2 heterocycles. The first kappa shape index (κ1) is 22.6. The van der Waals surface area contributed by atoms with Gasteiger partial charge < -0.3 is 9.80 Å². The van der Waals surface area contributed by atoms with Crippen LogP contribution in [-0.4, -0.2) is 73.6 Å². The van der Waals surface area contributed by atoms with Crippen molar-refractivity contribution in [1.82, 2.24) is 14.1 Å².